The lowest BCUT2D eigenvalue weighted by atomic mass is 10.2. The molecule has 0 aliphatic carbocycles. The Morgan fingerprint density at radius 2 is 1.72 bits per heavy atom. The van der Waals surface area contributed by atoms with E-state index in [0.29, 0.717) is 5.56 Å². The van der Waals surface area contributed by atoms with Gasteiger partial charge in [0.05, 0.1) is 0 Å². The summed E-state index contributed by atoms with van der Waals surface area (Å²) in [7, 11) is 3.60. The quantitative estimate of drug-likeness (QED) is 0.897. The normalized spacial score (nSPS) is 9.89. The molecule has 2 aromatic rings. The van der Waals surface area contributed by atoms with Crippen LogP contribution >= 0.6 is 0 Å². The molecule has 0 aliphatic rings. The third kappa shape index (κ3) is 2.48. The number of aromatic nitrogens is 1. The van der Waals surface area contributed by atoms with Crippen LogP contribution in [0.4, 0.5) is 11.4 Å². The number of pyridine rings is 1. The molecular weight excluding hydrogens is 226 g/mol. The third-order valence-electron chi connectivity index (χ3n) is 2.78. The molecule has 0 saturated heterocycles. The smallest absolute Gasteiger partial charge is 0.258 e. The van der Waals surface area contributed by atoms with Crippen LogP contribution in [0.25, 0.3) is 0 Å². The topological polar surface area (TPSA) is 45.2 Å². The number of benzene rings is 1. The molecule has 1 amide bonds. The van der Waals surface area contributed by atoms with Crippen molar-refractivity contribution >= 4 is 17.3 Å². The number of carbonyl (C=O) groups excluding carboxylic acids is 1. The van der Waals surface area contributed by atoms with Gasteiger partial charge in [-0.1, -0.05) is 0 Å². The highest BCUT2D eigenvalue weighted by molar-refractivity contribution is 6.05. The Balaban J connectivity index is 2.20. The first-order chi connectivity index (χ1) is 8.72. The van der Waals surface area contributed by atoms with Crippen LogP contribution < -0.4 is 10.2 Å². The van der Waals surface area contributed by atoms with Crippen molar-refractivity contribution in [1.82, 2.24) is 4.98 Å². The SMILES string of the molecule is CNc1ccc(C(=O)N(C)c2ccncc2)cc1. The van der Waals surface area contributed by atoms with Gasteiger partial charge in [0.1, 0.15) is 0 Å². The summed E-state index contributed by atoms with van der Waals surface area (Å²) in [5.74, 6) is -0.0381. The van der Waals surface area contributed by atoms with Crippen LogP contribution in [-0.4, -0.2) is 25.0 Å². The summed E-state index contributed by atoms with van der Waals surface area (Å²) in [4.78, 5) is 17.8. The number of amides is 1. The molecule has 18 heavy (non-hydrogen) atoms. The van der Waals surface area contributed by atoms with Crippen LogP contribution in [0, 0.1) is 0 Å². The molecule has 0 atom stereocenters. The second-order valence-corrected chi connectivity index (χ2v) is 3.90. The summed E-state index contributed by atoms with van der Waals surface area (Å²) in [5.41, 5.74) is 2.47. The van der Waals surface area contributed by atoms with E-state index in [-0.39, 0.29) is 5.91 Å². The van der Waals surface area contributed by atoms with Gasteiger partial charge in [-0.3, -0.25) is 9.78 Å². The Bertz CT molecular complexity index is 522. The number of carbonyl (C=O) groups is 1. The molecule has 0 fully saturated rings. The molecular formula is C14H15N3O. The second kappa shape index (κ2) is 5.31. The van der Waals surface area contributed by atoms with Gasteiger partial charge in [-0.2, -0.15) is 0 Å². The lowest BCUT2D eigenvalue weighted by molar-refractivity contribution is 0.0993. The first-order valence-electron chi connectivity index (χ1n) is 5.68. The molecule has 92 valence electrons. The molecule has 0 spiro atoms. The summed E-state index contributed by atoms with van der Waals surface area (Å²) in [6.45, 7) is 0. The number of anilines is 2. The average molecular weight is 241 g/mol. The summed E-state index contributed by atoms with van der Waals surface area (Å²) in [6, 6.07) is 11.0. The van der Waals surface area contributed by atoms with Crippen molar-refractivity contribution in [2.24, 2.45) is 0 Å². The van der Waals surface area contributed by atoms with E-state index in [2.05, 4.69) is 10.3 Å². The van der Waals surface area contributed by atoms with Gasteiger partial charge >= 0.3 is 0 Å². The molecule has 0 aliphatic heterocycles. The van der Waals surface area contributed by atoms with Crippen molar-refractivity contribution < 1.29 is 4.79 Å². The molecule has 1 N–H and O–H groups in total. The highest BCUT2D eigenvalue weighted by Gasteiger charge is 2.12. The van der Waals surface area contributed by atoms with Gasteiger partial charge in [-0.15, -0.1) is 0 Å². The van der Waals surface area contributed by atoms with Gasteiger partial charge in [0, 0.05) is 43.4 Å². The molecule has 4 nitrogen and oxygen atoms in total. The lowest BCUT2D eigenvalue weighted by Crippen LogP contribution is -2.26. The Kier molecular flexibility index (Phi) is 3.57. The maximum Gasteiger partial charge on any atom is 0.258 e. The summed E-state index contributed by atoms with van der Waals surface area (Å²) in [6.07, 6.45) is 3.34. The van der Waals surface area contributed by atoms with Crippen molar-refractivity contribution in [1.29, 1.82) is 0 Å². The van der Waals surface area contributed by atoms with Gasteiger partial charge in [0.25, 0.3) is 5.91 Å². The average Bonchev–Trinajstić information content (AvgIpc) is 2.47. The molecule has 0 saturated carbocycles. The maximum absolute atomic E-state index is 12.2. The van der Waals surface area contributed by atoms with E-state index < -0.39 is 0 Å². The number of rotatable bonds is 3. The monoisotopic (exact) mass is 241 g/mol. The van der Waals surface area contributed by atoms with Gasteiger partial charge in [0.2, 0.25) is 0 Å². The van der Waals surface area contributed by atoms with Crippen LogP contribution in [0.1, 0.15) is 10.4 Å². The van der Waals surface area contributed by atoms with Gasteiger partial charge in [-0.25, -0.2) is 0 Å². The maximum atomic E-state index is 12.2. The van der Waals surface area contributed by atoms with E-state index >= 15 is 0 Å². The lowest BCUT2D eigenvalue weighted by Gasteiger charge is -2.17. The summed E-state index contributed by atoms with van der Waals surface area (Å²) >= 11 is 0. The fraction of sp³-hybridized carbons (Fsp3) is 0.143. The van der Waals surface area contributed by atoms with E-state index in [1.807, 2.05) is 31.3 Å². The van der Waals surface area contributed by atoms with E-state index in [1.54, 1.807) is 36.5 Å². The predicted octanol–water partition coefficient (Wildman–Crippen LogP) is 2.40. The highest BCUT2D eigenvalue weighted by atomic mass is 16.2. The van der Waals surface area contributed by atoms with Gasteiger partial charge in [0.15, 0.2) is 0 Å². The van der Waals surface area contributed by atoms with Gasteiger partial charge < -0.3 is 10.2 Å². The molecule has 0 unspecified atom stereocenters. The van der Waals surface area contributed by atoms with E-state index in [1.165, 1.54) is 0 Å². The minimum absolute atomic E-state index is 0.0381. The van der Waals surface area contributed by atoms with Crippen molar-refractivity contribution in [3.8, 4) is 0 Å². The Morgan fingerprint density at radius 1 is 1.11 bits per heavy atom. The van der Waals surface area contributed by atoms with Crippen LogP contribution in [-0.2, 0) is 0 Å². The first-order valence-corrected chi connectivity index (χ1v) is 5.68. The van der Waals surface area contributed by atoms with E-state index in [4.69, 9.17) is 0 Å². The molecule has 0 radical (unpaired) electrons. The van der Waals surface area contributed by atoms with Crippen LogP contribution in [0.15, 0.2) is 48.8 Å². The highest BCUT2D eigenvalue weighted by Crippen LogP contribution is 2.15. The molecule has 1 heterocycles. The van der Waals surface area contributed by atoms with Crippen molar-refractivity contribution in [2.75, 3.05) is 24.3 Å². The predicted molar refractivity (Wildman–Crippen MR) is 73.0 cm³/mol. The van der Waals surface area contributed by atoms with Crippen LogP contribution in [0.3, 0.4) is 0 Å². The van der Waals surface area contributed by atoms with Crippen molar-refractivity contribution in [3.05, 3.63) is 54.4 Å². The fourth-order valence-corrected chi connectivity index (χ4v) is 1.66. The number of hydrogen-bond donors (Lipinski definition) is 1. The van der Waals surface area contributed by atoms with Gasteiger partial charge in [-0.05, 0) is 36.4 Å². The number of nitrogens with one attached hydrogen (secondary N) is 1. The molecule has 0 bridgehead atoms. The van der Waals surface area contributed by atoms with Crippen molar-refractivity contribution in [3.63, 3.8) is 0 Å². The zero-order valence-corrected chi connectivity index (χ0v) is 10.4. The Hall–Kier alpha value is -2.36. The van der Waals surface area contributed by atoms with E-state index in [9.17, 15) is 4.79 Å². The molecule has 4 heteroatoms. The first kappa shape index (κ1) is 12.1. The Morgan fingerprint density at radius 3 is 2.28 bits per heavy atom. The third-order valence-corrected chi connectivity index (χ3v) is 2.78. The zero-order chi connectivity index (χ0) is 13.0. The minimum atomic E-state index is -0.0381. The fourth-order valence-electron chi connectivity index (χ4n) is 1.66. The zero-order valence-electron chi connectivity index (χ0n) is 10.4. The van der Waals surface area contributed by atoms with E-state index in [0.717, 1.165) is 11.4 Å². The standard InChI is InChI=1S/C14H15N3O/c1-15-12-5-3-11(4-6-12)14(18)17(2)13-7-9-16-10-8-13/h3-10,15H,1-2H3. The van der Waals surface area contributed by atoms with Crippen molar-refractivity contribution in [2.45, 2.75) is 0 Å². The molecule has 1 aromatic heterocycles. The number of nitrogens with zero attached hydrogens (tertiary/aromatic N) is 2. The minimum Gasteiger partial charge on any atom is -0.388 e. The largest absolute Gasteiger partial charge is 0.388 e. The summed E-state index contributed by atoms with van der Waals surface area (Å²) < 4.78 is 0. The Labute approximate surface area is 106 Å². The summed E-state index contributed by atoms with van der Waals surface area (Å²) in [5, 5.41) is 3.02. The van der Waals surface area contributed by atoms with Crippen LogP contribution in [0.5, 0.6) is 0 Å². The molecule has 1 aromatic carbocycles. The van der Waals surface area contributed by atoms with Crippen LogP contribution in [0.2, 0.25) is 0 Å². The number of hydrogen-bond acceptors (Lipinski definition) is 3. The molecule has 2 rings (SSSR count). The second-order valence-electron chi connectivity index (χ2n) is 3.90.